The Kier molecular flexibility index (Phi) is 3.72. The van der Waals surface area contributed by atoms with Crippen LogP contribution in [0, 0.1) is 12.8 Å². The smallest absolute Gasteiger partial charge is 0.124 e. The summed E-state index contributed by atoms with van der Waals surface area (Å²) in [6, 6.07) is 6.40. The predicted molar refractivity (Wildman–Crippen MR) is 73.5 cm³/mol. The van der Waals surface area contributed by atoms with Crippen LogP contribution in [0.5, 0.6) is 0 Å². The number of nitrogens with zero attached hydrogens (tertiary/aromatic N) is 2. The number of imidazole rings is 1. The SMILES string of the molecule is Cc1ccc2c(c1)nc(CCl)n2CCC(C)C. The summed E-state index contributed by atoms with van der Waals surface area (Å²) in [5.41, 5.74) is 3.50. The molecule has 0 amide bonds. The second-order valence-electron chi connectivity index (χ2n) is 4.99. The van der Waals surface area contributed by atoms with Gasteiger partial charge in [0.15, 0.2) is 0 Å². The summed E-state index contributed by atoms with van der Waals surface area (Å²) in [7, 11) is 0. The monoisotopic (exact) mass is 250 g/mol. The molecule has 0 aliphatic rings. The fraction of sp³-hybridized carbons (Fsp3) is 0.500. The third kappa shape index (κ3) is 2.63. The van der Waals surface area contributed by atoms with Crippen molar-refractivity contribution in [2.75, 3.05) is 0 Å². The predicted octanol–water partition coefficient (Wildman–Crippen LogP) is 4.13. The van der Waals surface area contributed by atoms with Crippen molar-refractivity contribution in [1.82, 2.24) is 9.55 Å². The van der Waals surface area contributed by atoms with Crippen molar-refractivity contribution in [3.8, 4) is 0 Å². The van der Waals surface area contributed by atoms with Crippen LogP contribution < -0.4 is 0 Å². The summed E-state index contributed by atoms with van der Waals surface area (Å²) in [6.07, 6.45) is 1.16. The molecule has 2 rings (SSSR count). The number of alkyl halides is 1. The van der Waals surface area contributed by atoms with Crippen LogP contribution in [0.25, 0.3) is 11.0 Å². The van der Waals surface area contributed by atoms with Crippen LogP contribution in [-0.2, 0) is 12.4 Å². The normalized spacial score (nSPS) is 11.6. The highest BCUT2D eigenvalue weighted by Gasteiger charge is 2.10. The van der Waals surface area contributed by atoms with Crippen LogP contribution in [0.15, 0.2) is 18.2 Å². The third-order valence-corrected chi connectivity index (χ3v) is 3.27. The maximum Gasteiger partial charge on any atom is 0.124 e. The van der Waals surface area contributed by atoms with Crippen molar-refractivity contribution < 1.29 is 0 Å². The molecule has 0 atom stereocenters. The van der Waals surface area contributed by atoms with Crippen LogP contribution >= 0.6 is 11.6 Å². The number of halogens is 1. The molecule has 0 N–H and O–H groups in total. The van der Waals surface area contributed by atoms with Crippen LogP contribution in [-0.4, -0.2) is 9.55 Å². The van der Waals surface area contributed by atoms with Gasteiger partial charge in [0.1, 0.15) is 5.82 Å². The maximum absolute atomic E-state index is 5.98. The topological polar surface area (TPSA) is 17.8 Å². The van der Waals surface area contributed by atoms with Crippen LogP contribution in [0.3, 0.4) is 0 Å². The second kappa shape index (κ2) is 5.09. The molecule has 0 aliphatic carbocycles. The van der Waals surface area contributed by atoms with Crippen molar-refractivity contribution in [2.45, 2.75) is 39.6 Å². The number of fused-ring (bicyclic) bond motifs is 1. The lowest BCUT2D eigenvalue weighted by atomic mass is 10.1. The second-order valence-corrected chi connectivity index (χ2v) is 5.26. The largest absolute Gasteiger partial charge is 0.327 e. The zero-order valence-electron chi connectivity index (χ0n) is 10.7. The Morgan fingerprint density at radius 1 is 1.35 bits per heavy atom. The van der Waals surface area contributed by atoms with E-state index in [0.29, 0.717) is 11.8 Å². The van der Waals surface area contributed by atoms with Gasteiger partial charge in [-0.1, -0.05) is 19.9 Å². The Morgan fingerprint density at radius 3 is 2.76 bits per heavy atom. The minimum Gasteiger partial charge on any atom is -0.327 e. The standard InChI is InChI=1S/C14H19ClN2/c1-10(2)6-7-17-13-5-4-11(3)8-12(13)16-14(17)9-15/h4-5,8,10H,6-7,9H2,1-3H3. The van der Waals surface area contributed by atoms with E-state index in [1.54, 1.807) is 0 Å². The molecule has 0 aliphatic heterocycles. The first-order chi connectivity index (χ1) is 8.11. The van der Waals surface area contributed by atoms with Crippen molar-refractivity contribution in [2.24, 2.45) is 5.92 Å². The molecule has 92 valence electrons. The van der Waals surface area contributed by atoms with Gasteiger partial charge < -0.3 is 4.57 Å². The van der Waals surface area contributed by atoms with Gasteiger partial charge in [-0.05, 0) is 37.0 Å². The molecule has 0 bridgehead atoms. The van der Waals surface area contributed by atoms with Gasteiger partial charge in [-0.25, -0.2) is 4.98 Å². The number of hydrogen-bond donors (Lipinski definition) is 0. The van der Waals surface area contributed by atoms with Crippen LogP contribution in [0.2, 0.25) is 0 Å². The van der Waals surface area contributed by atoms with Gasteiger partial charge in [-0.15, -0.1) is 11.6 Å². The Hall–Kier alpha value is -1.02. The lowest BCUT2D eigenvalue weighted by Crippen LogP contribution is -2.04. The average Bonchev–Trinajstić information content (AvgIpc) is 2.63. The van der Waals surface area contributed by atoms with E-state index < -0.39 is 0 Å². The third-order valence-electron chi connectivity index (χ3n) is 3.03. The van der Waals surface area contributed by atoms with E-state index >= 15 is 0 Å². The maximum atomic E-state index is 5.98. The molecule has 2 aromatic rings. The van der Waals surface area contributed by atoms with Crippen LogP contribution in [0.1, 0.15) is 31.7 Å². The molecule has 0 unspecified atom stereocenters. The molecule has 1 aromatic heterocycles. The molecular weight excluding hydrogens is 232 g/mol. The zero-order chi connectivity index (χ0) is 12.4. The van der Waals surface area contributed by atoms with Crippen molar-refractivity contribution in [3.63, 3.8) is 0 Å². The minimum atomic E-state index is 0.478. The summed E-state index contributed by atoms with van der Waals surface area (Å²) in [4.78, 5) is 4.60. The summed E-state index contributed by atoms with van der Waals surface area (Å²) in [5, 5.41) is 0. The Morgan fingerprint density at radius 2 is 2.12 bits per heavy atom. The van der Waals surface area contributed by atoms with Gasteiger partial charge >= 0.3 is 0 Å². The van der Waals surface area contributed by atoms with E-state index in [9.17, 15) is 0 Å². The number of hydrogen-bond acceptors (Lipinski definition) is 1. The Balaban J connectivity index is 2.43. The molecule has 0 radical (unpaired) electrons. The van der Waals surface area contributed by atoms with Gasteiger partial charge in [0.25, 0.3) is 0 Å². The number of rotatable bonds is 4. The van der Waals surface area contributed by atoms with Crippen molar-refractivity contribution in [1.29, 1.82) is 0 Å². The van der Waals surface area contributed by atoms with Crippen LogP contribution in [0.4, 0.5) is 0 Å². The Labute approximate surface area is 108 Å². The highest BCUT2D eigenvalue weighted by atomic mass is 35.5. The first-order valence-corrected chi connectivity index (χ1v) is 6.67. The summed E-state index contributed by atoms with van der Waals surface area (Å²) in [6.45, 7) is 7.57. The van der Waals surface area contributed by atoms with Gasteiger partial charge in [0.05, 0.1) is 16.9 Å². The molecule has 0 spiro atoms. The van der Waals surface area contributed by atoms with Crippen molar-refractivity contribution >= 4 is 22.6 Å². The van der Waals surface area contributed by atoms with Gasteiger partial charge in [0.2, 0.25) is 0 Å². The summed E-state index contributed by atoms with van der Waals surface area (Å²) >= 11 is 5.98. The quantitative estimate of drug-likeness (QED) is 0.746. The first-order valence-electron chi connectivity index (χ1n) is 6.13. The first kappa shape index (κ1) is 12.4. The van der Waals surface area contributed by atoms with Gasteiger partial charge in [0, 0.05) is 6.54 Å². The van der Waals surface area contributed by atoms with E-state index in [1.807, 2.05) is 0 Å². The van der Waals surface area contributed by atoms with E-state index in [4.69, 9.17) is 11.6 Å². The molecule has 0 saturated carbocycles. The summed E-state index contributed by atoms with van der Waals surface area (Å²) in [5.74, 6) is 2.15. The van der Waals surface area contributed by atoms with Crippen molar-refractivity contribution in [3.05, 3.63) is 29.6 Å². The molecule has 0 saturated heterocycles. The number of benzene rings is 1. The van der Waals surface area contributed by atoms with E-state index in [2.05, 4.69) is 48.5 Å². The minimum absolute atomic E-state index is 0.478. The molecular formula is C14H19ClN2. The summed E-state index contributed by atoms with van der Waals surface area (Å²) < 4.78 is 2.25. The highest BCUT2D eigenvalue weighted by Crippen LogP contribution is 2.20. The molecule has 17 heavy (non-hydrogen) atoms. The number of aromatic nitrogens is 2. The molecule has 1 aromatic carbocycles. The van der Waals surface area contributed by atoms with E-state index in [1.165, 1.54) is 11.1 Å². The van der Waals surface area contributed by atoms with E-state index in [0.717, 1.165) is 24.3 Å². The lowest BCUT2D eigenvalue weighted by Gasteiger charge is -2.09. The zero-order valence-corrected chi connectivity index (χ0v) is 11.5. The van der Waals surface area contributed by atoms with Gasteiger partial charge in [-0.2, -0.15) is 0 Å². The highest BCUT2D eigenvalue weighted by molar-refractivity contribution is 6.16. The molecule has 3 heteroatoms. The van der Waals surface area contributed by atoms with Gasteiger partial charge in [-0.3, -0.25) is 0 Å². The van der Waals surface area contributed by atoms with E-state index in [-0.39, 0.29) is 0 Å². The Bertz CT molecular complexity index is 514. The molecule has 1 heterocycles. The molecule has 0 fully saturated rings. The lowest BCUT2D eigenvalue weighted by molar-refractivity contribution is 0.516. The fourth-order valence-electron chi connectivity index (χ4n) is 2.03. The molecule has 2 nitrogen and oxygen atoms in total. The average molecular weight is 251 g/mol. The fourth-order valence-corrected chi connectivity index (χ4v) is 2.23. The number of aryl methyl sites for hydroxylation is 2.